The van der Waals surface area contributed by atoms with E-state index >= 15 is 0 Å². The van der Waals surface area contributed by atoms with Crippen LogP contribution in [0.3, 0.4) is 0 Å². The minimum absolute atomic E-state index is 0.136. The number of hydrogen-bond donors (Lipinski definition) is 1. The third-order valence-electron chi connectivity index (χ3n) is 3.86. The van der Waals surface area contributed by atoms with Crippen molar-refractivity contribution in [2.75, 3.05) is 13.2 Å². The van der Waals surface area contributed by atoms with Crippen molar-refractivity contribution in [2.24, 2.45) is 0 Å². The van der Waals surface area contributed by atoms with E-state index in [0.717, 1.165) is 10.1 Å². The Hall–Kier alpha value is -1.99. The molecule has 3 rings (SSSR count). The first-order valence-electron chi connectivity index (χ1n) is 8.57. The summed E-state index contributed by atoms with van der Waals surface area (Å²) < 4.78 is 11.5. The smallest absolute Gasteiger partial charge is 0.344 e. The quantitative estimate of drug-likeness (QED) is 0.454. The van der Waals surface area contributed by atoms with E-state index in [-0.39, 0.29) is 19.1 Å². The number of carbonyl (C=O) groups is 2. The van der Waals surface area contributed by atoms with E-state index in [9.17, 15) is 9.59 Å². The number of amides is 1. The number of hydrogen-bond acceptors (Lipinski definition) is 5. The Morgan fingerprint density at radius 3 is 2.62 bits per heavy atom. The van der Waals surface area contributed by atoms with E-state index < -0.39 is 12.1 Å². The van der Waals surface area contributed by atoms with Gasteiger partial charge >= 0.3 is 5.97 Å². The third-order valence-corrected chi connectivity index (χ3v) is 6.07. The average Bonchev–Trinajstić information content (AvgIpc) is 3.02. The second-order valence-electron chi connectivity index (χ2n) is 6.12. The van der Waals surface area contributed by atoms with Crippen LogP contribution in [0.15, 0.2) is 42.5 Å². The van der Waals surface area contributed by atoms with Crippen molar-refractivity contribution in [3.63, 3.8) is 0 Å². The molecule has 0 saturated carbocycles. The lowest BCUT2D eigenvalue weighted by atomic mass is 10.2. The van der Waals surface area contributed by atoms with Crippen LogP contribution < -0.4 is 10.1 Å². The van der Waals surface area contributed by atoms with Crippen LogP contribution in [0.4, 0.5) is 0 Å². The fraction of sp³-hybridized carbons (Fsp3) is 0.200. The molecule has 0 radical (unpaired) electrons. The highest BCUT2D eigenvalue weighted by Crippen LogP contribution is 2.35. The van der Waals surface area contributed by atoms with Gasteiger partial charge in [0.25, 0.3) is 5.91 Å². The number of fused-ring (bicyclic) bond motifs is 1. The number of halogens is 3. The van der Waals surface area contributed by atoms with Gasteiger partial charge in [0, 0.05) is 15.1 Å². The van der Waals surface area contributed by atoms with E-state index in [1.165, 1.54) is 17.4 Å². The number of nitrogens with one attached hydrogen (secondary N) is 1. The maximum Gasteiger partial charge on any atom is 0.344 e. The second-order valence-corrected chi connectivity index (χ2v) is 8.39. The van der Waals surface area contributed by atoms with Crippen LogP contribution in [0.5, 0.6) is 5.75 Å². The summed E-state index contributed by atoms with van der Waals surface area (Å²) in [7, 11) is 0. The van der Waals surface area contributed by atoms with E-state index in [1.807, 2.05) is 24.3 Å². The van der Waals surface area contributed by atoms with Gasteiger partial charge in [0.05, 0.1) is 16.6 Å². The van der Waals surface area contributed by atoms with Gasteiger partial charge in [-0.15, -0.1) is 11.3 Å². The molecular formula is C20H16Cl3NO4S. The molecule has 1 unspecified atom stereocenters. The second kappa shape index (κ2) is 9.67. The third kappa shape index (κ3) is 5.54. The highest BCUT2D eigenvalue weighted by molar-refractivity contribution is 7.21. The van der Waals surface area contributed by atoms with Crippen LogP contribution in [-0.4, -0.2) is 31.1 Å². The van der Waals surface area contributed by atoms with Gasteiger partial charge in [-0.1, -0.05) is 53.0 Å². The first-order valence-corrected chi connectivity index (χ1v) is 10.5. The maximum absolute atomic E-state index is 12.4. The monoisotopic (exact) mass is 471 g/mol. The molecule has 0 aliphatic carbocycles. The van der Waals surface area contributed by atoms with E-state index in [2.05, 4.69) is 5.32 Å². The minimum atomic E-state index is -0.585. The molecule has 1 amide bonds. The van der Waals surface area contributed by atoms with Gasteiger partial charge in [0.1, 0.15) is 16.7 Å². The highest BCUT2D eigenvalue weighted by atomic mass is 35.5. The Morgan fingerprint density at radius 2 is 1.90 bits per heavy atom. The fourth-order valence-corrected chi connectivity index (χ4v) is 4.40. The zero-order valence-corrected chi connectivity index (χ0v) is 18.3. The highest BCUT2D eigenvalue weighted by Gasteiger charge is 2.18. The summed E-state index contributed by atoms with van der Waals surface area (Å²) in [6, 6.07) is 12.2. The van der Waals surface area contributed by atoms with Crippen molar-refractivity contribution < 1.29 is 19.1 Å². The standard InChI is InChI=1S/C20H16Cl3NO4S/c1-11(28-17(25)10-27-15-7-6-12(21)8-14(15)22)9-24-20(26)19-18(23)13-4-2-3-5-16(13)29-19/h2-8,11H,9-10H2,1H3,(H,24,26). The molecule has 2 aromatic carbocycles. The largest absolute Gasteiger partial charge is 0.480 e. The van der Waals surface area contributed by atoms with Crippen molar-refractivity contribution in [1.82, 2.24) is 5.32 Å². The Labute approximate surface area is 186 Å². The average molecular weight is 473 g/mol. The van der Waals surface area contributed by atoms with Crippen molar-refractivity contribution in [3.8, 4) is 5.75 Å². The molecule has 0 aliphatic heterocycles. The molecule has 1 atom stereocenters. The number of thiophene rings is 1. The lowest BCUT2D eigenvalue weighted by Gasteiger charge is -2.14. The van der Waals surface area contributed by atoms with Gasteiger partial charge in [-0.05, 0) is 31.2 Å². The molecule has 0 aliphatic rings. The van der Waals surface area contributed by atoms with Crippen LogP contribution in [0.25, 0.3) is 10.1 Å². The summed E-state index contributed by atoms with van der Waals surface area (Å²) in [5.74, 6) is -0.575. The summed E-state index contributed by atoms with van der Waals surface area (Å²) in [5, 5.41) is 4.74. The lowest BCUT2D eigenvalue weighted by molar-refractivity contribution is -0.150. The van der Waals surface area contributed by atoms with Crippen molar-refractivity contribution in [1.29, 1.82) is 0 Å². The molecule has 152 valence electrons. The molecule has 0 spiro atoms. The zero-order chi connectivity index (χ0) is 21.0. The predicted molar refractivity (Wildman–Crippen MR) is 117 cm³/mol. The van der Waals surface area contributed by atoms with Crippen molar-refractivity contribution >= 4 is 68.1 Å². The molecule has 0 fully saturated rings. The predicted octanol–water partition coefficient (Wildman–Crippen LogP) is 5.60. The molecule has 1 heterocycles. The number of rotatable bonds is 7. The molecule has 0 saturated heterocycles. The van der Waals surface area contributed by atoms with Gasteiger partial charge in [-0.3, -0.25) is 4.79 Å². The van der Waals surface area contributed by atoms with Crippen molar-refractivity contribution in [2.45, 2.75) is 13.0 Å². The van der Waals surface area contributed by atoms with Crippen molar-refractivity contribution in [3.05, 3.63) is 62.4 Å². The molecule has 5 nitrogen and oxygen atoms in total. The minimum Gasteiger partial charge on any atom is -0.480 e. The Morgan fingerprint density at radius 1 is 1.14 bits per heavy atom. The summed E-state index contributed by atoms with van der Waals surface area (Å²) >= 11 is 19.4. The molecular weight excluding hydrogens is 457 g/mol. The number of carbonyl (C=O) groups excluding carboxylic acids is 2. The molecule has 1 aromatic heterocycles. The summed E-state index contributed by atoms with van der Waals surface area (Å²) in [6.07, 6.45) is -0.552. The topological polar surface area (TPSA) is 64.6 Å². The SMILES string of the molecule is CC(CNC(=O)c1sc2ccccc2c1Cl)OC(=O)COc1ccc(Cl)cc1Cl. The molecule has 29 heavy (non-hydrogen) atoms. The van der Waals surface area contributed by atoms with Crippen LogP contribution in [0.1, 0.15) is 16.6 Å². The van der Waals surface area contributed by atoms with Crippen LogP contribution in [0, 0.1) is 0 Å². The molecule has 1 N–H and O–H groups in total. The molecule has 3 aromatic rings. The van der Waals surface area contributed by atoms with E-state index in [4.69, 9.17) is 44.3 Å². The summed E-state index contributed by atoms with van der Waals surface area (Å²) in [6.45, 7) is 1.48. The Balaban J connectivity index is 1.48. The van der Waals surface area contributed by atoms with Crippen LogP contribution >= 0.6 is 46.1 Å². The number of benzene rings is 2. The van der Waals surface area contributed by atoms with E-state index in [0.29, 0.717) is 25.7 Å². The fourth-order valence-electron chi connectivity index (χ4n) is 2.51. The molecule has 0 bridgehead atoms. The van der Waals surface area contributed by atoms with Gasteiger partial charge in [0.15, 0.2) is 6.61 Å². The van der Waals surface area contributed by atoms with E-state index in [1.54, 1.807) is 19.1 Å². The van der Waals surface area contributed by atoms with Crippen LogP contribution in [0.2, 0.25) is 15.1 Å². The van der Waals surface area contributed by atoms with Gasteiger partial charge in [-0.2, -0.15) is 0 Å². The number of esters is 1. The van der Waals surface area contributed by atoms with Gasteiger partial charge in [0.2, 0.25) is 0 Å². The first-order chi connectivity index (χ1) is 13.8. The number of ether oxygens (including phenoxy) is 2. The lowest BCUT2D eigenvalue weighted by Crippen LogP contribution is -2.34. The Bertz CT molecular complexity index is 1050. The van der Waals surface area contributed by atoms with Gasteiger partial charge in [-0.25, -0.2) is 4.79 Å². The Kier molecular flexibility index (Phi) is 7.24. The normalized spacial score (nSPS) is 11.9. The first kappa shape index (κ1) is 21.7. The summed E-state index contributed by atoms with van der Waals surface area (Å²) in [5.41, 5.74) is 0. The molecule has 9 heteroatoms. The summed E-state index contributed by atoms with van der Waals surface area (Å²) in [4.78, 5) is 24.8. The maximum atomic E-state index is 12.4. The van der Waals surface area contributed by atoms with Gasteiger partial charge < -0.3 is 14.8 Å². The van der Waals surface area contributed by atoms with Crippen LogP contribution in [-0.2, 0) is 9.53 Å². The zero-order valence-electron chi connectivity index (χ0n) is 15.2.